The molecule has 252 valence electrons. The lowest BCUT2D eigenvalue weighted by Crippen LogP contribution is -2.56. The number of ether oxygens (including phenoxy) is 3. The van der Waals surface area contributed by atoms with E-state index in [0.29, 0.717) is 53.2 Å². The van der Waals surface area contributed by atoms with Crippen molar-refractivity contribution >= 4 is 34.8 Å². The fourth-order valence-electron chi connectivity index (χ4n) is 6.47. The molecule has 3 aromatic rings. The number of alkyl carbamates (subject to hydrolysis) is 1. The van der Waals surface area contributed by atoms with E-state index in [1.165, 1.54) is 4.90 Å². The summed E-state index contributed by atoms with van der Waals surface area (Å²) in [6.07, 6.45) is 2.51. The van der Waals surface area contributed by atoms with Gasteiger partial charge >= 0.3 is 12.1 Å². The van der Waals surface area contributed by atoms with E-state index in [-0.39, 0.29) is 19.3 Å². The van der Waals surface area contributed by atoms with Crippen LogP contribution in [0.2, 0.25) is 0 Å². The molecule has 3 amide bonds. The number of carboxylic acids is 1. The Hall–Kier alpha value is -5.13. The molecular weight excluding hydrogens is 616 g/mol. The lowest BCUT2D eigenvalue weighted by atomic mass is 10.0. The first-order chi connectivity index (χ1) is 22.9. The summed E-state index contributed by atoms with van der Waals surface area (Å²) in [5.41, 5.74) is -0.266. The molecule has 0 spiro atoms. The van der Waals surface area contributed by atoms with E-state index in [1.807, 2.05) is 36.4 Å². The Bertz CT molecular complexity index is 1790. The van der Waals surface area contributed by atoms with E-state index in [4.69, 9.17) is 19.2 Å². The predicted octanol–water partition coefficient (Wildman–Crippen LogP) is 4.81. The molecule has 1 saturated carbocycles. The van der Waals surface area contributed by atoms with E-state index in [0.717, 1.165) is 5.56 Å². The van der Waals surface area contributed by atoms with Crippen LogP contribution in [0.5, 0.6) is 11.5 Å². The normalized spacial score (nSPS) is 24.2. The molecule has 2 fully saturated rings. The summed E-state index contributed by atoms with van der Waals surface area (Å²) >= 11 is 0. The number of carbonyl (C=O) groups excluding carboxylic acids is 3. The van der Waals surface area contributed by atoms with Gasteiger partial charge < -0.3 is 34.9 Å². The third kappa shape index (κ3) is 6.65. The van der Waals surface area contributed by atoms with Crippen LogP contribution in [-0.4, -0.2) is 75.7 Å². The largest absolute Gasteiger partial charge is 0.497 e. The summed E-state index contributed by atoms with van der Waals surface area (Å²) in [5, 5.41) is 16.6. The Morgan fingerprint density at radius 3 is 2.56 bits per heavy atom. The Morgan fingerprint density at radius 1 is 1.08 bits per heavy atom. The molecule has 2 aliphatic heterocycles. The van der Waals surface area contributed by atoms with Crippen molar-refractivity contribution in [2.24, 2.45) is 5.92 Å². The molecule has 6 rings (SSSR count). The van der Waals surface area contributed by atoms with Gasteiger partial charge in [-0.15, -0.1) is 0 Å². The fraction of sp³-hybridized carbons (Fsp3) is 0.417. The summed E-state index contributed by atoms with van der Waals surface area (Å²) in [6.45, 7) is 5.51. The van der Waals surface area contributed by atoms with Gasteiger partial charge in [0, 0.05) is 29.6 Å². The molecule has 1 saturated heterocycles. The molecule has 48 heavy (non-hydrogen) atoms. The minimum atomic E-state index is -1.60. The summed E-state index contributed by atoms with van der Waals surface area (Å²) in [6, 6.07) is 15.0. The molecule has 3 heterocycles. The van der Waals surface area contributed by atoms with Crippen molar-refractivity contribution < 1.29 is 38.5 Å². The van der Waals surface area contributed by atoms with E-state index in [9.17, 15) is 24.3 Å². The number of carboxylic acid groups (broad SMARTS) is 1. The number of hydrogen-bond donors (Lipinski definition) is 3. The number of hydrogen-bond acceptors (Lipinski definition) is 8. The average molecular weight is 657 g/mol. The maximum Gasteiger partial charge on any atom is 0.408 e. The second kappa shape index (κ2) is 12.8. The van der Waals surface area contributed by atoms with Gasteiger partial charge in [-0.1, -0.05) is 30.3 Å². The predicted molar refractivity (Wildman–Crippen MR) is 176 cm³/mol. The number of amides is 3. The van der Waals surface area contributed by atoms with Crippen molar-refractivity contribution in [2.75, 3.05) is 13.7 Å². The molecule has 1 aromatic heterocycles. The Kier molecular flexibility index (Phi) is 8.76. The monoisotopic (exact) mass is 656 g/mol. The van der Waals surface area contributed by atoms with Crippen LogP contribution in [0.15, 0.2) is 66.4 Å². The number of nitrogens with zero attached hydrogens (tertiary/aromatic N) is 2. The molecule has 1 aliphatic carbocycles. The number of aliphatic carboxylic acids is 1. The Balaban J connectivity index is 1.40. The van der Waals surface area contributed by atoms with Gasteiger partial charge in [-0.3, -0.25) is 9.59 Å². The summed E-state index contributed by atoms with van der Waals surface area (Å²) in [5.74, 6) is -1.43. The zero-order chi connectivity index (χ0) is 34.2. The lowest BCUT2D eigenvalue weighted by Gasteiger charge is -2.30. The molecule has 12 heteroatoms. The Labute approximate surface area is 278 Å². The Morgan fingerprint density at radius 2 is 1.85 bits per heavy atom. The van der Waals surface area contributed by atoms with Gasteiger partial charge in [0.1, 0.15) is 40.5 Å². The van der Waals surface area contributed by atoms with Gasteiger partial charge in [0.25, 0.3) is 0 Å². The van der Waals surface area contributed by atoms with Crippen LogP contribution in [0.25, 0.3) is 22.2 Å². The quantitative estimate of drug-likeness (QED) is 0.339. The van der Waals surface area contributed by atoms with Crippen molar-refractivity contribution in [1.82, 2.24) is 20.5 Å². The van der Waals surface area contributed by atoms with Crippen LogP contribution in [0.4, 0.5) is 4.79 Å². The van der Waals surface area contributed by atoms with E-state index in [1.54, 1.807) is 52.2 Å². The topological polar surface area (TPSA) is 156 Å². The number of pyridine rings is 1. The highest BCUT2D eigenvalue weighted by Crippen LogP contribution is 2.50. The number of fused-ring (bicyclic) bond motifs is 3. The maximum atomic E-state index is 13.8. The van der Waals surface area contributed by atoms with Gasteiger partial charge in [0.15, 0.2) is 0 Å². The number of benzene rings is 2. The van der Waals surface area contributed by atoms with Crippen LogP contribution in [0.3, 0.4) is 0 Å². The van der Waals surface area contributed by atoms with E-state index >= 15 is 0 Å². The SMILES string of the molecule is COc1ccc2c(OC3=CCC[C@H](NC(=O)OC(C)(C)C)C(=O)N4CCC[C@H]4C(=O)N[C@]4(C(=O)O)C[C@H]34)cc(-c3ccccc3)nc2c1. The fourth-order valence-corrected chi connectivity index (χ4v) is 6.47. The summed E-state index contributed by atoms with van der Waals surface area (Å²) in [4.78, 5) is 59.4. The summed E-state index contributed by atoms with van der Waals surface area (Å²) in [7, 11) is 1.57. The zero-order valence-corrected chi connectivity index (χ0v) is 27.4. The lowest BCUT2D eigenvalue weighted by molar-refractivity contribution is -0.145. The molecule has 12 nitrogen and oxygen atoms in total. The zero-order valence-electron chi connectivity index (χ0n) is 27.4. The second-order valence-corrected chi connectivity index (χ2v) is 13.5. The van der Waals surface area contributed by atoms with Crippen molar-refractivity contribution in [3.8, 4) is 22.8 Å². The first-order valence-corrected chi connectivity index (χ1v) is 16.2. The van der Waals surface area contributed by atoms with Gasteiger partial charge in [0.05, 0.1) is 24.2 Å². The van der Waals surface area contributed by atoms with Crippen molar-refractivity contribution in [1.29, 1.82) is 0 Å². The number of nitrogens with one attached hydrogen (secondary N) is 2. The minimum absolute atomic E-state index is 0.114. The highest BCUT2D eigenvalue weighted by Gasteiger charge is 2.65. The first-order valence-electron chi connectivity index (χ1n) is 16.2. The molecule has 4 atom stereocenters. The number of methoxy groups -OCH3 is 1. The van der Waals surface area contributed by atoms with Gasteiger partial charge in [-0.05, 0) is 71.1 Å². The number of aromatic nitrogens is 1. The van der Waals surface area contributed by atoms with Gasteiger partial charge in [0.2, 0.25) is 11.8 Å². The van der Waals surface area contributed by atoms with E-state index in [2.05, 4.69) is 10.6 Å². The number of rotatable bonds is 6. The molecule has 0 unspecified atom stereocenters. The molecule has 0 radical (unpaired) electrons. The van der Waals surface area contributed by atoms with E-state index < -0.39 is 53.0 Å². The van der Waals surface area contributed by atoms with Crippen LogP contribution in [0.1, 0.15) is 52.9 Å². The molecular formula is C36H40N4O8. The molecule has 3 aliphatic rings. The number of carbonyl (C=O) groups is 4. The maximum absolute atomic E-state index is 13.8. The average Bonchev–Trinajstić information content (AvgIpc) is 3.55. The third-order valence-corrected chi connectivity index (χ3v) is 8.94. The van der Waals surface area contributed by atoms with Crippen LogP contribution >= 0.6 is 0 Å². The van der Waals surface area contributed by atoms with Crippen LogP contribution in [0, 0.1) is 5.92 Å². The standard InChI is InChI=1S/C36H40N4O8/c1-35(2,3)48-34(45)38-25-12-8-14-29(24-20-36(24,33(43)44)39-31(41)28-13-9-17-40(28)32(25)42)47-30-19-26(21-10-6-5-7-11-21)37-27-18-22(46-4)15-16-23(27)30/h5-7,10-11,14-16,18-19,24-25,28H,8-9,12-13,17,20H2,1-4H3,(H,38,45)(H,39,41)(H,43,44)/t24-,25+,28+,36-/m1/s1. The van der Waals surface area contributed by atoms with Crippen molar-refractivity contribution in [2.45, 2.75) is 76.1 Å². The van der Waals surface area contributed by atoms with Crippen molar-refractivity contribution in [3.05, 3.63) is 66.4 Å². The number of allylic oxidation sites excluding steroid dienone is 1. The molecule has 2 aromatic carbocycles. The first kappa shape index (κ1) is 32.8. The van der Waals surface area contributed by atoms with Crippen LogP contribution in [-0.2, 0) is 19.1 Å². The second-order valence-electron chi connectivity index (χ2n) is 13.5. The third-order valence-electron chi connectivity index (χ3n) is 8.94. The molecule has 3 N–H and O–H groups in total. The van der Waals surface area contributed by atoms with Gasteiger partial charge in [-0.25, -0.2) is 14.6 Å². The highest BCUT2D eigenvalue weighted by molar-refractivity contribution is 5.96. The molecule has 0 bridgehead atoms. The highest BCUT2D eigenvalue weighted by atomic mass is 16.6. The smallest absolute Gasteiger partial charge is 0.408 e. The van der Waals surface area contributed by atoms with Crippen LogP contribution < -0.4 is 20.1 Å². The minimum Gasteiger partial charge on any atom is -0.497 e. The summed E-state index contributed by atoms with van der Waals surface area (Å²) < 4.78 is 17.5. The van der Waals surface area contributed by atoms with Crippen molar-refractivity contribution in [3.63, 3.8) is 0 Å². The van der Waals surface area contributed by atoms with Gasteiger partial charge in [-0.2, -0.15) is 0 Å².